The molecule has 0 radical (unpaired) electrons. The normalized spacial score (nSPS) is 12.1. The number of carbonyl (C=O) groups excluding carboxylic acids is 1. The van der Waals surface area contributed by atoms with Crippen molar-refractivity contribution in [2.24, 2.45) is 0 Å². The minimum absolute atomic E-state index is 0.0300. The molecule has 5 rings (SSSR count). The number of rotatable bonds is 4. The maximum atomic E-state index is 12.9. The lowest BCUT2D eigenvalue weighted by molar-refractivity contribution is -0.141. The summed E-state index contributed by atoms with van der Waals surface area (Å²) in [5.41, 5.74) is 7.65. The molecule has 9 nitrogen and oxygen atoms in total. The van der Waals surface area contributed by atoms with Crippen molar-refractivity contribution in [3.63, 3.8) is 0 Å². The average molecular weight is 480 g/mol. The van der Waals surface area contributed by atoms with E-state index in [2.05, 4.69) is 20.3 Å². The molecule has 0 fully saturated rings. The molecule has 5 aromatic heterocycles. The summed E-state index contributed by atoms with van der Waals surface area (Å²) in [5.74, 6) is 0.672. The summed E-state index contributed by atoms with van der Waals surface area (Å²) in [5, 5.41) is 2.46. The van der Waals surface area contributed by atoms with Crippen molar-refractivity contribution in [3.05, 3.63) is 72.5 Å². The predicted octanol–water partition coefficient (Wildman–Crippen LogP) is 4.42. The van der Waals surface area contributed by atoms with Crippen LogP contribution in [-0.2, 0) is 6.18 Å². The Labute approximate surface area is 196 Å². The van der Waals surface area contributed by atoms with Crippen molar-refractivity contribution in [1.29, 1.82) is 0 Å². The van der Waals surface area contributed by atoms with Gasteiger partial charge in [0.25, 0.3) is 5.91 Å². The number of aromatic nitrogens is 6. The molecule has 178 valence electrons. The molecule has 0 atom stereocenters. The smallest absolute Gasteiger partial charge is 0.382 e. The van der Waals surface area contributed by atoms with Gasteiger partial charge in [0.1, 0.15) is 39.9 Å². The van der Waals surface area contributed by atoms with E-state index in [0.717, 1.165) is 23.7 Å². The highest BCUT2D eigenvalue weighted by Crippen LogP contribution is 2.31. The summed E-state index contributed by atoms with van der Waals surface area (Å²) in [4.78, 5) is 29.3. The fourth-order valence-electron chi connectivity index (χ4n) is 3.85. The molecule has 0 bridgehead atoms. The fraction of sp³-hybridized carbons (Fsp3) is 0.174. The van der Waals surface area contributed by atoms with Gasteiger partial charge in [0.05, 0.1) is 6.20 Å². The molecule has 5 heterocycles. The lowest BCUT2D eigenvalue weighted by Crippen LogP contribution is -2.15. The molecule has 12 heteroatoms. The summed E-state index contributed by atoms with van der Waals surface area (Å²) in [6, 6.07) is 5.57. The molecule has 0 aliphatic carbocycles. The van der Waals surface area contributed by atoms with Gasteiger partial charge in [-0.2, -0.15) is 13.2 Å². The van der Waals surface area contributed by atoms with Gasteiger partial charge < -0.3 is 11.1 Å². The van der Waals surface area contributed by atoms with Crippen LogP contribution in [0.15, 0.2) is 55.2 Å². The van der Waals surface area contributed by atoms with Crippen LogP contribution < -0.4 is 11.1 Å². The summed E-state index contributed by atoms with van der Waals surface area (Å²) in [6.07, 6.45) is 2.78. The Morgan fingerprint density at radius 3 is 2.60 bits per heavy atom. The van der Waals surface area contributed by atoms with Crippen LogP contribution in [0.1, 0.15) is 41.8 Å². The first-order chi connectivity index (χ1) is 16.6. The Morgan fingerprint density at radius 1 is 1.06 bits per heavy atom. The van der Waals surface area contributed by atoms with Crippen LogP contribution in [0.3, 0.4) is 0 Å². The summed E-state index contributed by atoms with van der Waals surface area (Å²) in [7, 11) is 0. The molecule has 0 aliphatic rings. The van der Waals surface area contributed by atoms with Gasteiger partial charge in [-0.1, -0.05) is 13.8 Å². The van der Waals surface area contributed by atoms with Crippen LogP contribution in [0.2, 0.25) is 0 Å². The van der Waals surface area contributed by atoms with Gasteiger partial charge in [0.15, 0.2) is 0 Å². The number of imidazole rings is 2. The van der Waals surface area contributed by atoms with Crippen LogP contribution >= 0.6 is 0 Å². The molecular weight excluding hydrogens is 461 g/mol. The second-order valence-corrected chi connectivity index (χ2v) is 8.17. The highest BCUT2D eigenvalue weighted by Gasteiger charge is 2.32. The maximum Gasteiger partial charge on any atom is 0.433 e. The third kappa shape index (κ3) is 3.92. The third-order valence-electron chi connectivity index (χ3n) is 5.45. The van der Waals surface area contributed by atoms with Crippen LogP contribution in [0, 0.1) is 0 Å². The number of hydrogen-bond donors (Lipinski definition) is 2. The zero-order valence-corrected chi connectivity index (χ0v) is 18.6. The van der Waals surface area contributed by atoms with Gasteiger partial charge in [-0.3, -0.25) is 18.6 Å². The number of amides is 1. The highest BCUT2D eigenvalue weighted by molar-refractivity contribution is 6.03. The molecule has 5 aromatic rings. The second kappa shape index (κ2) is 8.08. The zero-order valence-electron chi connectivity index (χ0n) is 18.6. The topological polar surface area (TPSA) is 116 Å². The number of anilines is 2. The van der Waals surface area contributed by atoms with E-state index in [1.54, 1.807) is 30.7 Å². The van der Waals surface area contributed by atoms with Crippen molar-refractivity contribution >= 4 is 28.6 Å². The average Bonchev–Trinajstić information content (AvgIpc) is 3.41. The van der Waals surface area contributed by atoms with Gasteiger partial charge >= 0.3 is 6.18 Å². The number of nitrogen functional groups attached to an aromatic ring is 1. The zero-order chi connectivity index (χ0) is 24.9. The quantitative estimate of drug-likeness (QED) is 0.394. The first kappa shape index (κ1) is 22.3. The molecule has 35 heavy (non-hydrogen) atoms. The first-order valence-electron chi connectivity index (χ1n) is 10.6. The van der Waals surface area contributed by atoms with Crippen molar-refractivity contribution in [3.8, 4) is 11.3 Å². The second-order valence-electron chi connectivity index (χ2n) is 8.17. The van der Waals surface area contributed by atoms with E-state index >= 15 is 0 Å². The Balaban J connectivity index is 1.51. The van der Waals surface area contributed by atoms with E-state index in [4.69, 9.17) is 10.7 Å². The molecule has 0 saturated heterocycles. The molecule has 0 unspecified atom stereocenters. The Bertz CT molecular complexity index is 1590. The lowest BCUT2D eigenvalue weighted by Gasteiger charge is -2.09. The lowest BCUT2D eigenvalue weighted by atomic mass is 10.1. The minimum atomic E-state index is -4.62. The van der Waals surface area contributed by atoms with Crippen LogP contribution in [0.25, 0.3) is 22.4 Å². The molecule has 0 saturated carbocycles. The Kier molecular flexibility index (Phi) is 5.15. The first-order valence-corrected chi connectivity index (χ1v) is 10.6. The third-order valence-corrected chi connectivity index (χ3v) is 5.45. The standard InChI is InChI=1S/C23H19F3N8O/c1-12(2)21-32-18(19-20(27)29-6-8-34(19)21)13-4-7-33-15(11-30-17(33)9-13)22(35)31-14-3-5-28-16(10-14)23(24,25)26/h3-12H,1-2H3,(H2,27,29)(H,28,31,35). The van der Waals surface area contributed by atoms with Crippen LogP contribution in [0.4, 0.5) is 24.7 Å². The number of pyridine rings is 2. The number of nitrogens with zero attached hydrogens (tertiary/aromatic N) is 6. The fourth-order valence-corrected chi connectivity index (χ4v) is 3.85. The molecule has 3 N–H and O–H groups in total. The number of carbonyl (C=O) groups is 1. The number of nitrogens with two attached hydrogens (primary N) is 1. The number of hydrogen-bond acceptors (Lipinski definition) is 6. The van der Waals surface area contributed by atoms with Gasteiger partial charge in [0.2, 0.25) is 0 Å². The van der Waals surface area contributed by atoms with Crippen molar-refractivity contribution in [2.75, 3.05) is 11.1 Å². The Hall–Kier alpha value is -4.48. The number of fused-ring (bicyclic) bond motifs is 2. The summed E-state index contributed by atoms with van der Waals surface area (Å²) < 4.78 is 42.2. The van der Waals surface area contributed by atoms with E-state index < -0.39 is 17.8 Å². The van der Waals surface area contributed by atoms with E-state index in [9.17, 15) is 18.0 Å². The van der Waals surface area contributed by atoms with Gasteiger partial charge in [0, 0.05) is 42.0 Å². The number of nitrogens with one attached hydrogen (secondary N) is 1. The summed E-state index contributed by atoms with van der Waals surface area (Å²) in [6.45, 7) is 4.05. The van der Waals surface area contributed by atoms with Crippen LogP contribution in [-0.4, -0.2) is 34.6 Å². The van der Waals surface area contributed by atoms with Crippen molar-refractivity contribution in [1.82, 2.24) is 28.7 Å². The molecule has 0 spiro atoms. The van der Waals surface area contributed by atoms with Crippen molar-refractivity contribution < 1.29 is 18.0 Å². The van der Waals surface area contributed by atoms with Gasteiger partial charge in [-0.15, -0.1) is 0 Å². The van der Waals surface area contributed by atoms with Crippen LogP contribution in [0.5, 0.6) is 0 Å². The Morgan fingerprint density at radius 2 is 1.86 bits per heavy atom. The molecule has 0 aliphatic heterocycles. The van der Waals surface area contributed by atoms with E-state index in [-0.39, 0.29) is 17.3 Å². The molecule has 1 amide bonds. The van der Waals surface area contributed by atoms with E-state index in [1.807, 2.05) is 18.2 Å². The number of halogens is 3. The highest BCUT2D eigenvalue weighted by atomic mass is 19.4. The van der Waals surface area contributed by atoms with Crippen molar-refractivity contribution in [2.45, 2.75) is 25.9 Å². The molecule has 0 aromatic carbocycles. The minimum Gasteiger partial charge on any atom is -0.382 e. The summed E-state index contributed by atoms with van der Waals surface area (Å²) >= 11 is 0. The van der Waals surface area contributed by atoms with Gasteiger partial charge in [-0.05, 0) is 24.3 Å². The predicted molar refractivity (Wildman–Crippen MR) is 123 cm³/mol. The monoisotopic (exact) mass is 480 g/mol. The van der Waals surface area contributed by atoms with E-state index in [1.165, 1.54) is 16.7 Å². The maximum absolute atomic E-state index is 12.9. The number of alkyl halides is 3. The van der Waals surface area contributed by atoms with Gasteiger partial charge in [-0.25, -0.2) is 15.0 Å². The van der Waals surface area contributed by atoms with E-state index in [0.29, 0.717) is 22.7 Å². The largest absolute Gasteiger partial charge is 0.433 e. The molecular formula is C23H19F3N8O. The SMILES string of the molecule is CC(C)c1nc(-c2ccn3c(C(=O)Nc4ccnc(C(F)(F)F)c4)cnc3c2)c2c(N)nccn12.